The fraction of sp³-hybridized carbons (Fsp3) is 0.0164. The van der Waals surface area contributed by atoms with Gasteiger partial charge in [0.05, 0.1) is 0 Å². The first-order valence-electron chi connectivity index (χ1n) is 21.3. The molecule has 0 aliphatic carbocycles. The first-order valence-corrected chi connectivity index (χ1v) is 21.3. The Kier molecular flexibility index (Phi) is 9.69. The summed E-state index contributed by atoms with van der Waals surface area (Å²) >= 11 is 0. The largest absolute Gasteiger partial charge is 0.456 e. The van der Waals surface area contributed by atoms with Crippen LogP contribution in [0.2, 0.25) is 0 Å². The van der Waals surface area contributed by atoms with E-state index in [9.17, 15) is 0 Å². The first-order chi connectivity index (χ1) is 30.7. The minimum Gasteiger partial charge on any atom is -0.456 e. The maximum absolute atomic E-state index is 6.14. The van der Waals surface area contributed by atoms with Gasteiger partial charge < -0.3 is 4.42 Å². The van der Waals surface area contributed by atoms with Crippen LogP contribution >= 0.6 is 0 Å². The van der Waals surface area contributed by atoms with Gasteiger partial charge in [0.15, 0.2) is 0 Å². The third-order valence-electron chi connectivity index (χ3n) is 12.2. The average Bonchev–Trinajstić information content (AvgIpc) is 3.73. The Morgan fingerprint density at radius 1 is 0.210 bits per heavy atom. The molecule has 1 heterocycles. The van der Waals surface area contributed by atoms with E-state index in [1.165, 1.54) is 83.5 Å². The molecule has 0 amide bonds. The highest BCUT2D eigenvalue weighted by Gasteiger charge is 2.19. The monoisotopic (exact) mass is 790 g/mol. The third-order valence-corrected chi connectivity index (χ3v) is 12.2. The lowest BCUT2D eigenvalue weighted by Crippen LogP contribution is -2.04. The van der Waals surface area contributed by atoms with Crippen molar-refractivity contribution in [1.29, 1.82) is 0 Å². The van der Waals surface area contributed by atoms with Gasteiger partial charge >= 0.3 is 0 Å². The van der Waals surface area contributed by atoms with Crippen LogP contribution in [0, 0.1) is 0 Å². The van der Waals surface area contributed by atoms with Gasteiger partial charge in [-0.3, -0.25) is 0 Å². The molecule has 0 radical (unpaired) electrons. The van der Waals surface area contributed by atoms with Crippen molar-refractivity contribution in [3.05, 3.63) is 265 Å². The van der Waals surface area contributed by atoms with Crippen molar-refractivity contribution < 1.29 is 4.42 Å². The van der Waals surface area contributed by atoms with Crippen LogP contribution in [0.25, 0.3) is 88.7 Å². The average molecular weight is 791 g/mol. The third kappa shape index (κ3) is 7.31. The van der Waals surface area contributed by atoms with Gasteiger partial charge in [-0.05, 0) is 114 Å². The van der Waals surface area contributed by atoms with Crippen molar-refractivity contribution in [1.82, 2.24) is 0 Å². The van der Waals surface area contributed by atoms with E-state index in [2.05, 4.69) is 237 Å². The second kappa shape index (κ2) is 16.2. The molecule has 11 aromatic rings. The molecular weight excluding hydrogens is 749 g/mol. The number of benzene rings is 10. The molecule has 0 aliphatic heterocycles. The number of rotatable bonds is 9. The minimum atomic E-state index is 0.0223. The van der Waals surface area contributed by atoms with E-state index in [-0.39, 0.29) is 5.92 Å². The summed E-state index contributed by atoms with van der Waals surface area (Å²) in [7, 11) is 0. The Balaban J connectivity index is 0.950. The fourth-order valence-corrected chi connectivity index (χ4v) is 8.99. The van der Waals surface area contributed by atoms with Crippen molar-refractivity contribution in [2.75, 3.05) is 0 Å². The van der Waals surface area contributed by atoms with Crippen LogP contribution in [-0.4, -0.2) is 0 Å². The van der Waals surface area contributed by atoms with Crippen molar-refractivity contribution in [3.63, 3.8) is 0 Å². The molecule has 1 heteroatoms. The maximum Gasteiger partial charge on any atom is 0.135 e. The highest BCUT2D eigenvalue weighted by molar-refractivity contribution is 6.06. The zero-order chi connectivity index (χ0) is 41.2. The van der Waals surface area contributed by atoms with Crippen molar-refractivity contribution in [2.24, 2.45) is 0 Å². The Bertz CT molecular complexity index is 3300. The molecule has 11 rings (SSSR count). The van der Waals surface area contributed by atoms with Crippen molar-refractivity contribution in [2.45, 2.75) is 5.92 Å². The van der Waals surface area contributed by atoms with Gasteiger partial charge in [-0.1, -0.05) is 218 Å². The van der Waals surface area contributed by atoms with Gasteiger partial charge in [0.25, 0.3) is 0 Å². The van der Waals surface area contributed by atoms with Crippen LogP contribution in [0.4, 0.5) is 0 Å². The maximum atomic E-state index is 6.14. The molecule has 1 atom stereocenters. The Morgan fingerprint density at radius 2 is 0.565 bits per heavy atom. The molecular formula is C61H42O. The van der Waals surface area contributed by atoms with Crippen molar-refractivity contribution >= 4 is 21.9 Å². The van der Waals surface area contributed by atoms with E-state index in [1.54, 1.807) is 0 Å². The van der Waals surface area contributed by atoms with Crippen LogP contribution < -0.4 is 0 Å². The minimum absolute atomic E-state index is 0.0223. The highest BCUT2D eigenvalue weighted by Crippen LogP contribution is 2.38. The quantitative estimate of drug-likeness (QED) is 0.133. The molecule has 0 saturated heterocycles. The normalized spacial score (nSPS) is 11.8. The topological polar surface area (TPSA) is 13.1 Å². The Hall–Kier alpha value is -8.00. The van der Waals surface area contributed by atoms with Gasteiger partial charge in [-0.15, -0.1) is 0 Å². The molecule has 10 aromatic carbocycles. The van der Waals surface area contributed by atoms with E-state index in [0.29, 0.717) is 0 Å². The van der Waals surface area contributed by atoms with Crippen LogP contribution in [0.5, 0.6) is 0 Å². The fourth-order valence-electron chi connectivity index (χ4n) is 8.99. The number of hydrogen-bond donors (Lipinski definition) is 0. The van der Waals surface area contributed by atoms with Gasteiger partial charge in [-0.25, -0.2) is 0 Å². The highest BCUT2D eigenvalue weighted by atomic mass is 16.3. The number of furan rings is 1. The van der Waals surface area contributed by atoms with Crippen LogP contribution in [0.3, 0.4) is 0 Å². The molecule has 0 saturated carbocycles. The molecule has 0 fully saturated rings. The number of para-hydroxylation sites is 1. The summed E-state index contributed by atoms with van der Waals surface area (Å²) in [5, 5.41) is 2.28. The van der Waals surface area contributed by atoms with Gasteiger partial charge in [-0.2, -0.15) is 0 Å². The predicted molar refractivity (Wildman–Crippen MR) is 260 cm³/mol. The lowest BCUT2D eigenvalue weighted by molar-refractivity contribution is 0.669. The van der Waals surface area contributed by atoms with Gasteiger partial charge in [0.1, 0.15) is 11.2 Å². The smallest absolute Gasteiger partial charge is 0.135 e. The molecule has 62 heavy (non-hydrogen) atoms. The lowest BCUT2D eigenvalue weighted by atomic mass is 9.83. The van der Waals surface area contributed by atoms with E-state index in [0.717, 1.165) is 21.9 Å². The van der Waals surface area contributed by atoms with Crippen LogP contribution in [0.15, 0.2) is 253 Å². The standard InChI is InChI=1S/C61H42O/c1-3-12-42(13-4-1)44-24-26-45(27-25-44)46-28-32-48(33-29-46)61(49-34-30-47(31-35-49)51-17-9-16-50(38-51)43-14-5-2-6-15-43)56-21-11-20-54(40-56)52-18-10-19-53(39-52)55-36-37-60-58(41-55)57-22-7-8-23-59(57)62-60/h1-41,61H. The predicted octanol–water partition coefficient (Wildman–Crippen LogP) is 16.8. The first kappa shape index (κ1) is 37.0. The zero-order valence-electron chi connectivity index (χ0n) is 34.2. The molecule has 0 bridgehead atoms. The summed E-state index contributed by atoms with van der Waals surface area (Å²) in [5.74, 6) is 0.0223. The number of fused-ring (bicyclic) bond motifs is 3. The Labute approximate surface area is 362 Å². The molecule has 0 aliphatic rings. The van der Waals surface area contributed by atoms with Crippen LogP contribution in [-0.2, 0) is 0 Å². The van der Waals surface area contributed by atoms with E-state index >= 15 is 0 Å². The summed E-state index contributed by atoms with van der Waals surface area (Å²) in [6.45, 7) is 0. The SMILES string of the molecule is c1ccc(-c2ccc(-c3ccc(C(c4ccc(-c5cccc(-c6ccccc6)c5)cc4)c4cccc(-c5cccc(-c6ccc7oc8ccccc8c7c6)c5)c4)cc3)cc2)cc1. The summed E-state index contributed by atoms with van der Waals surface area (Å²) in [4.78, 5) is 0. The Morgan fingerprint density at radius 3 is 1.13 bits per heavy atom. The molecule has 0 N–H and O–H groups in total. The molecule has 1 nitrogen and oxygen atoms in total. The lowest BCUT2D eigenvalue weighted by Gasteiger charge is -2.21. The van der Waals surface area contributed by atoms with Gasteiger partial charge in [0, 0.05) is 16.7 Å². The van der Waals surface area contributed by atoms with E-state index in [1.807, 2.05) is 12.1 Å². The van der Waals surface area contributed by atoms with E-state index < -0.39 is 0 Å². The number of hydrogen-bond acceptors (Lipinski definition) is 1. The molecule has 1 unspecified atom stereocenters. The summed E-state index contributed by atoms with van der Waals surface area (Å²) in [5.41, 5.74) is 20.0. The zero-order valence-corrected chi connectivity index (χ0v) is 34.2. The van der Waals surface area contributed by atoms with Crippen LogP contribution in [0.1, 0.15) is 22.6 Å². The molecule has 0 spiro atoms. The molecule has 1 aromatic heterocycles. The summed E-state index contributed by atoms with van der Waals surface area (Å²) in [6.07, 6.45) is 0. The van der Waals surface area contributed by atoms with Gasteiger partial charge in [0.2, 0.25) is 0 Å². The summed E-state index contributed by atoms with van der Waals surface area (Å²) in [6, 6.07) is 90.1. The second-order valence-corrected chi connectivity index (χ2v) is 16.1. The van der Waals surface area contributed by atoms with Crippen molar-refractivity contribution in [3.8, 4) is 66.8 Å². The summed E-state index contributed by atoms with van der Waals surface area (Å²) < 4.78 is 6.14. The molecule has 292 valence electrons. The second-order valence-electron chi connectivity index (χ2n) is 16.1. The van der Waals surface area contributed by atoms with E-state index in [4.69, 9.17) is 4.42 Å².